The van der Waals surface area contributed by atoms with Crippen molar-refractivity contribution in [3.63, 3.8) is 0 Å². The zero-order valence-electron chi connectivity index (χ0n) is 11.5. The number of aromatic nitrogens is 2. The van der Waals surface area contributed by atoms with Gasteiger partial charge in [0.2, 0.25) is 11.7 Å². The van der Waals surface area contributed by atoms with Crippen molar-refractivity contribution in [3.8, 4) is 17.1 Å². The van der Waals surface area contributed by atoms with Crippen LogP contribution < -0.4 is 4.74 Å². The lowest BCUT2D eigenvalue weighted by Gasteiger charge is -2.13. The van der Waals surface area contributed by atoms with E-state index in [-0.39, 0.29) is 12.1 Å². The summed E-state index contributed by atoms with van der Waals surface area (Å²) in [5, 5.41) is 13.7. The first-order valence-electron chi connectivity index (χ1n) is 6.53. The van der Waals surface area contributed by atoms with Crippen molar-refractivity contribution in [1.82, 2.24) is 15.0 Å². The van der Waals surface area contributed by atoms with Gasteiger partial charge in [-0.3, -0.25) is 4.90 Å². The SMILES string of the molecule is COc1ccc(-c2noc(C3CC(O)CN3C)n2)cc1. The van der Waals surface area contributed by atoms with E-state index in [1.807, 2.05) is 36.2 Å². The number of nitrogens with zero attached hydrogens (tertiary/aromatic N) is 3. The second-order valence-corrected chi connectivity index (χ2v) is 5.03. The maximum Gasteiger partial charge on any atom is 0.244 e. The molecule has 0 radical (unpaired) electrons. The molecule has 1 aliphatic heterocycles. The molecule has 0 spiro atoms. The highest BCUT2D eigenvalue weighted by atomic mass is 16.5. The molecule has 6 heteroatoms. The summed E-state index contributed by atoms with van der Waals surface area (Å²) in [6, 6.07) is 7.49. The Morgan fingerprint density at radius 1 is 1.35 bits per heavy atom. The number of β-amino-alcohol motifs (C(OH)–C–C–N with tert-alkyl or cyclic N) is 1. The second-order valence-electron chi connectivity index (χ2n) is 5.03. The van der Waals surface area contributed by atoms with Gasteiger partial charge in [-0.1, -0.05) is 5.16 Å². The van der Waals surface area contributed by atoms with E-state index in [0.717, 1.165) is 11.3 Å². The Morgan fingerprint density at radius 2 is 2.10 bits per heavy atom. The fourth-order valence-corrected chi connectivity index (χ4v) is 2.49. The van der Waals surface area contributed by atoms with Crippen LogP contribution in [-0.2, 0) is 0 Å². The molecule has 106 valence electrons. The van der Waals surface area contributed by atoms with Crippen molar-refractivity contribution in [3.05, 3.63) is 30.2 Å². The van der Waals surface area contributed by atoms with E-state index in [9.17, 15) is 5.11 Å². The lowest BCUT2D eigenvalue weighted by molar-refractivity contribution is 0.182. The maximum absolute atomic E-state index is 9.67. The van der Waals surface area contributed by atoms with Crippen LogP contribution in [0.5, 0.6) is 5.75 Å². The first-order chi connectivity index (χ1) is 9.67. The predicted octanol–water partition coefficient (Wildman–Crippen LogP) is 1.48. The molecule has 1 aliphatic rings. The Kier molecular flexibility index (Phi) is 3.42. The zero-order chi connectivity index (χ0) is 14.1. The van der Waals surface area contributed by atoms with Crippen LogP contribution in [0.4, 0.5) is 0 Å². The number of hydrogen-bond donors (Lipinski definition) is 1. The van der Waals surface area contributed by atoms with Crippen LogP contribution in [0.1, 0.15) is 18.4 Å². The minimum atomic E-state index is -0.332. The van der Waals surface area contributed by atoms with Gasteiger partial charge in [0.15, 0.2) is 0 Å². The van der Waals surface area contributed by atoms with Gasteiger partial charge in [-0.2, -0.15) is 4.98 Å². The van der Waals surface area contributed by atoms with Crippen LogP contribution >= 0.6 is 0 Å². The van der Waals surface area contributed by atoms with Crippen LogP contribution in [0.15, 0.2) is 28.8 Å². The lowest BCUT2D eigenvalue weighted by atomic mass is 10.2. The fourth-order valence-electron chi connectivity index (χ4n) is 2.49. The molecule has 1 saturated heterocycles. The van der Waals surface area contributed by atoms with E-state index in [0.29, 0.717) is 24.7 Å². The Bertz CT molecular complexity index is 582. The minimum absolute atomic E-state index is 0.00972. The Labute approximate surface area is 117 Å². The summed E-state index contributed by atoms with van der Waals surface area (Å²) in [5.74, 6) is 1.89. The Morgan fingerprint density at radius 3 is 2.70 bits per heavy atom. The van der Waals surface area contributed by atoms with Gasteiger partial charge in [0, 0.05) is 12.1 Å². The van der Waals surface area contributed by atoms with Crippen LogP contribution in [-0.4, -0.2) is 47.0 Å². The molecule has 2 atom stereocenters. The van der Waals surface area contributed by atoms with Crippen LogP contribution in [0, 0.1) is 0 Å². The summed E-state index contributed by atoms with van der Waals surface area (Å²) in [6.07, 6.45) is 0.294. The van der Waals surface area contributed by atoms with Gasteiger partial charge >= 0.3 is 0 Å². The van der Waals surface area contributed by atoms with Crippen LogP contribution in [0.25, 0.3) is 11.4 Å². The molecule has 3 rings (SSSR count). The van der Waals surface area contributed by atoms with Crippen molar-refractivity contribution in [2.75, 3.05) is 20.7 Å². The molecule has 6 nitrogen and oxygen atoms in total. The fraction of sp³-hybridized carbons (Fsp3) is 0.429. The van der Waals surface area contributed by atoms with Gasteiger partial charge in [-0.25, -0.2) is 0 Å². The third-order valence-corrected chi connectivity index (χ3v) is 3.60. The molecular weight excluding hydrogens is 258 g/mol. The Balaban J connectivity index is 1.82. The summed E-state index contributed by atoms with van der Waals surface area (Å²) in [6.45, 7) is 0.630. The highest BCUT2D eigenvalue weighted by Crippen LogP contribution is 2.30. The zero-order valence-corrected chi connectivity index (χ0v) is 11.5. The first-order valence-corrected chi connectivity index (χ1v) is 6.53. The molecule has 2 unspecified atom stereocenters. The average molecular weight is 275 g/mol. The molecule has 2 aromatic rings. The highest BCUT2D eigenvalue weighted by molar-refractivity contribution is 5.55. The van der Waals surface area contributed by atoms with Crippen LogP contribution in [0.3, 0.4) is 0 Å². The number of likely N-dealkylation sites (tertiary alicyclic amines) is 1. The molecule has 1 aromatic heterocycles. The van der Waals surface area contributed by atoms with E-state index in [1.54, 1.807) is 7.11 Å². The van der Waals surface area contributed by atoms with E-state index >= 15 is 0 Å². The van der Waals surface area contributed by atoms with Gasteiger partial charge in [0.25, 0.3) is 0 Å². The minimum Gasteiger partial charge on any atom is -0.497 e. The van der Waals surface area contributed by atoms with Gasteiger partial charge < -0.3 is 14.4 Å². The molecule has 20 heavy (non-hydrogen) atoms. The van der Waals surface area contributed by atoms with E-state index in [4.69, 9.17) is 9.26 Å². The van der Waals surface area contributed by atoms with Crippen LogP contribution in [0.2, 0.25) is 0 Å². The Hall–Kier alpha value is -1.92. The number of aliphatic hydroxyl groups excluding tert-OH is 1. The average Bonchev–Trinajstić information content (AvgIpc) is 3.05. The lowest BCUT2D eigenvalue weighted by Crippen LogP contribution is -2.19. The third kappa shape index (κ3) is 2.39. The van der Waals surface area contributed by atoms with Gasteiger partial charge in [-0.15, -0.1) is 0 Å². The topological polar surface area (TPSA) is 71.6 Å². The van der Waals surface area contributed by atoms with Crippen molar-refractivity contribution < 1.29 is 14.4 Å². The van der Waals surface area contributed by atoms with Gasteiger partial charge in [0.05, 0.1) is 19.3 Å². The predicted molar refractivity (Wildman–Crippen MR) is 72.3 cm³/mol. The quantitative estimate of drug-likeness (QED) is 0.915. The number of methoxy groups -OCH3 is 1. The van der Waals surface area contributed by atoms with Gasteiger partial charge in [-0.05, 0) is 37.7 Å². The van der Waals surface area contributed by atoms with E-state index < -0.39 is 0 Å². The molecular formula is C14H17N3O3. The summed E-state index contributed by atoms with van der Waals surface area (Å²) in [5.41, 5.74) is 0.877. The summed E-state index contributed by atoms with van der Waals surface area (Å²) >= 11 is 0. The number of rotatable bonds is 3. The number of likely N-dealkylation sites (N-methyl/N-ethyl adjacent to an activating group) is 1. The largest absolute Gasteiger partial charge is 0.497 e. The van der Waals surface area contributed by atoms with E-state index in [1.165, 1.54) is 0 Å². The van der Waals surface area contributed by atoms with Crippen molar-refractivity contribution >= 4 is 0 Å². The van der Waals surface area contributed by atoms with Gasteiger partial charge in [0.1, 0.15) is 5.75 Å². The number of hydrogen-bond acceptors (Lipinski definition) is 6. The van der Waals surface area contributed by atoms with E-state index in [2.05, 4.69) is 10.1 Å². The molecule has 0 aliphatic carbocycles. The molecule has 1 N–H and O–H groups in total. The second kappa shape index (κ2) is 5.22. The monoisotopic (exact) mass is 275 g/mol. The smallest absolute Gasteiger partial charge is 0.244 e. The molecule has 2 heterocycles. The van der Waals surface area contributed by atoms with Crippen molar-refractivity contribution in [2.45, 2.75) is 18.6 Å². The highest BCUT2D eigenvalue weighted by Gasteiger charge is 2.33. The molecule has 0 amide bonds. The molecule has 1 aromatic carbocycles. The standard InChI is InChI=1S/C14H17N3O3/c1-17-8-10(18)7-12(17)14-15-13(16-20-14)9-3-5-11(19-2)6-4-9/h3-6,10,12,18H,7-8H2,1-2H3. The first kappa shape index (κ1) is 13.1. The number of aliphatic hydroxyl groups is 1. The van der Waals surface area contributed by atoms with Crippen molar-refractivity contribution in [1.29, 1.82) is 0 Å². The summed E-state index contributed by atoms with van der Waals surface area (Å²) < 4.78 is 10.5. The molecule has 0 bridgehead atoms. The summed E-state index contributed by atoms with van der Waals surface area (Å²) in [4.78, 5) is 6.46. The number of benzene rings is 1. The third-order valence-electron chi connectivity index (χ3n) is 3.60. The summed E-state index contributed by atoms with van der Waals surface area (Å²) in [7, 11) is 3.57. The molecule has 0 saturated carbocycles. The molecule has 1 fully saturated rings. The normalized spacial score (nSPS) is 23.1. The van der Waals surface area contributed by atoms with Crippen molar-refractivity contribution in [2.24, 2.45) is 0 Å². The maximum atomic E-state index is 9.67. The number of ether oxygens (including phenoxy) is 1.